The minimum absolute atomic E-state index is 0.252. The van der Waals surface area contributed by atoms with Gasteiger partial charge in [-0.15, -0.1) is 0 Å². The van der Waals surface area contributed by atoms with E-state index in [1.807, 2.05) is 0 Å². The predicted octanol–water partition coefficient (Wildman–Crippen LogP) is 5.08. The molecular weight excluding hydrogens is 364 g/mol. The normalized spacial score (nSPS) is 39.2. The first-order chi connectivity index (χ1) is 13.7. The van der Waals surface area contributed by atoms with E-state index in [0.717, 1.165) is 6.42 Å². The maximum Gasteiger partial charge on any atom is 0.333 e. The van der Waals surface area contributed by atoms with Crippen LogP contribution in [0.3, 0.4) is 0 Å². The second-order valence-corrected chi connectivity index (χ2v) is 10.5. The van der Waals surface area contributed by atoms with E-state index in [9.17, 15) is 9.90 Å². The number of fused-ring (bicyclic) bond motifs is 1. The van der Waals surface area contributed by atoms with Crippen LogP contribution in [0.1, 0.15) is 72.6 Å². The summed E-state index contributed by atoms with van der Waals surface area (Å²) in [6.07, 6.45) is 12.9. The number of esters is 1. The monoisotopic (exact) mass is 400 g/mol. The van der Waals surface area contributed by atoms with Gasteiger partial charge in [-0.1, -0.05) is 51.8 Å². The van der Waals surface area contributed by atoms with Crippen LogP contribution < -0.4 is 0 Å². The number of carbonyl (C=O) groups excluding carboxylic acids is 1. The molecule has 29 heavy (non-hydrogen) atoms. The summed E-state index contributed by atoms with van der Waals surface area (Å²) in [5.41, 5.74) is 4.30. The molecule has 4 nitrogen and oxygen atoms in total. The van der Waals surface area contributed by atoms with Crippen LogP contribution in [0, 0.1) is 22.7 Å². The summed E-state index contributed by atoms with van der Waals surface area (Å²) in [6.45, 7) is 10.4. The van der Waals surface area contributed by atoms with Crippen LogP contribution >= 0.6 is 0 Å². The van der Waals surface area contributed by atoms with E-state index in [0.29, 0.717) is 41.3 Å². The van der Waals surface area contributed by atoms with E-state index >= 15 is 0 Å². The largest absolute Gasteiger partial charge is 0.429 e. The highest BCUT2D eigenvalue weighted by Crippen LogP contribution is 2.58. The molecule has 0 spiro atoms. The molecule has 0 unspecified atom stereocenters. The van der Waals surface area contributed by atoms with Gasteiger partial charge in [-0.3, -0.25) is 0 Å². The number of carbonyl (C=O) groups is 1. The van der Waals surface area contributed by atoms with Gasteiger partial charge in [0.25, 0.3) is 0 Å². The molecule has 4 aliphatic rings. The second-order valence-electron chi connectivity index (χ2n) is 10.5. The minimum Gasteiger partial charge on any atom is -0.429 e. The zero-order chi connectivity index (χ0) is 20.8. The van der Waals surface area contributed by atoms with Crippen molar-refractivity contribution in [1.29, 1.82) is 0 Å². The van der Waals surface area contributed by atoms with Crippen LogP contribution in [0.2, 0.25) is 0 Å². The third-order valence-electron chi connectivity index (χ3n) is 8.31. The molecule has 0 amide bonds. The Balaban J connectivity index is 1.41. The first kappa shape index (κ1) is 20.9. The quantitative estimate of drug-likeness (QED) is 0.528. The average molecular weight is 401 g/mol. The molecule has 1 saturated carbocycles. The van der Waals surface area contributed by atoms with Crippen LogP contribution in [0.15, 0.2) is 34.9 Å². The first-order valence-corrected chi connectivity index (χ1v) is 11.3. The van der Waals surface area contributed by atoms with Crippen LogP contribution in [-0.4, -0.2) is 30.1 Å². The number of aliphatic hydroxyl groups excluding tert-OH is 1. The fourth-order valence-corrected chi connectivity index (χ4v) is 6.08. The number of hydrogen-bond acceptors (Lipinski definition) is 4. The number of rotatable bonds is 4. The van der Waals surface area contributed by atoms with Crippen molar-refractivity contribution in [3.8, 4) is 0 Å². The van der Waals surface area contributed by atoms with Crippen molar-refractivity contribution in [2.75, 3.05) is 6.61 Å². The third-order valence-corrected chi connectivity index (χ3v) is 8.31. The van der Waals surface area contributed by atoms with E-state index < -0.39 is 12.3 Å². The molecule has 0 aromatic rings. The van der Waals surface area contributed by atoms with Gasteiger partial charge in [0.2, 0.25) is 6.29 Å². The third kappa shape index (κ3) is 3.86. The van der Waals surface area contributed by atoms with Gasteiger partial charge in [-0.25, -0.2) is 4.79 Å². The molecule has 0 aromatic heterocycles. The SMILES string of the molecule is C[C@@H]1CC=C2[C@@H](CCCC2(C)C)[C@]1(C)CCC1=CC[C@@H](C2=CC(=O)O[C@H]2O)OC1. The summed E-state index contributed by atoms with van der Waals surface area (Å²) in [6, 6.07) is 0. The van der Waals surface area contributed by atoms with Gasteiger partial charge in [0, 0.05) is 11.6 Å². The Hall–Kier alpha value is -1.39. The predicted molar refractivity (Wildman–Crippen MR) is 113 cm³/mol. The molecule has 4 heteroatoms. The van der Waals surface area contributed by atoms with Crippen molar-refractivity contribution in [2.24, 2.45) is 22.7 Å². The number of ether oxygens (including phenoxy) is 2. The number of hydrogen-bond donors (Lipinski definition) is 1. The van der Waals surface area contributed by atoms with Crippen molar-refractivity contribution in [2.45, 2.75) is 85.0 Å². The molecule has 0 aromatic carbocycles. The molecule has 4 rings (SSSR count). The van der Waals surface area contributed by atoms with Gasteiger partial charge in [0.1, 0.15) is 0 Å². The second kappa shape index (κ2) is 7.70. The molecule has 2 aliphatic carbocycles. The van der Waals surface area contributed by atoms with Gasteiger partial charge in [0.05, 0.1) is 12.7 Å². The average Bonchev–Trinajstić information content (AvgIpc) is 3.02. The molecule has 160 valence electrons. The molecule has 0 radical (unpaired) electrons. The summed E-state index contributed by atoms with van der Waals surface area (Å²) in [4.78, 5) is 11.3. The first-order valence-electron chi connectivity index (χ1n) is 11.3. The Kier molecular flexibility index (Phi) is 5.54. The zero-order valence-electron chi connectivity index (χ0n) is 18.4. The van der Waals surface area contributed by atoms with E-state index in [-0.39, 0.29) is 6.10 Å². The lowest BCUT2D eigenvalue weighted by Crippen LogP contribution is -2.43. The van der Waals surface area contributed by atoms with E-state index in [4.69, 9.17) is 9.47 Å². The summed E-state index contributed by atoms with van der Waals surface area (Å²) < 4.78 is 10.8. The number of cyclic esters (lactones) is 1. The molecule has 5 atom stereocenters. The van der Waals surface area contributed by atoms with Gasteiger partial charge < -0.3 is 14.6 Å². The van der Waals surface area contributed by atoms with Gasteiger partial charge >= 0.3 is 5.97 Å². The van der Waals surface area contributed by atoms with E-state index in [1.165, 1.54) is 43.8 Å². The van der Waals surface area contributed by atoms with Crippen molar-refractivity contribution in [3.63, 3.8) is 0 Å². The van der Waals surface area contributed by atoms with Crippen LogP contribution in [0.4, 0.5) is 0 Å². The zero-order valence-corrected chi connectivity index (χ0v) is 18.4. The van der Waals surface area contributed by atoms with Gasteiger partial charge in [-0.2, -0.15) is 0 Å². The van der Waals surface area contributed by atoms with Crippen LogP contribution in [0.5, 0.6) is 0 Å². The summed E-state index contributed by atoms with van der Waals surface area (Å²) in [5, 5.41) is 9.85. The summed E-state index contributed by atoms with van der Waals surface area (Å²) in [5.74, 6) is 0.920. The molecule has 1 fully saturated rings. The Labute approximate surface area is 175 Å². The van der Waals surface area contributed by atoms with Crippen molar-refractivity contribution < 1.29 is 19.4 Å². The fourth-order valence-electron chi connectivity index (χ4n) is 6.08. The van der Waals surface area contributed by atoms with Gasteiger partial charge in [-0.05, 0) is 66.8 Å². The molecule has 0 saturated heterocycles. The fraction of sp³-hybridized carbons (Fsp3) is 0.720. The van der Waals surface area contributed by atoms with Crippen LogP contribution in [-0.2, 0) is 14.3 Å². The maximum atomic E-state index is 11.3. The van der Waals surface area contributed by atoms with Crippen LogP contribution in [0.25, 0.3) is 0 Å². The van der Waals surface area contributed by atoms with Crippen molar-refractivity contribution >= 4 is 5.97 Å². The molecule has 0 bridgehead atoms. The summed E-state index contributed by atoms with van der Waals surface area (Å²) in [7, 11) is 0. The number of allylic oxidation sites excluding steroid dienone is 2. The summed E-state index contributed by atoms with van der Waals surface area (Å²) >= 11 is 0. The van der Waals surface area contributed by atoms with E-state index in [1.54, 1.807) is 5.57 Å². The topological polar surface area (TPSA) is 55.8 Å². The van der Waals surface area contributed by atoms with Crippen molar-refractivity contribution in [1.82, 2.24) is 0 Å². The lowest BCUT2D eigenvalue weighted by molar-refractivity contribution is -0.152. The van der Waals surface area contributed by atoms with E-state index in [2.05, 4.69) is 39.8 Å². The standard InChI is InChI=1S/C25H36O4/c1-16-7-9-19-20(6-5-12-24(19,2)3)25(16,4)13-11-17-8-10-21(28-15-17)18-14-22(26)29-23(18)27/h8-9,14,16,20-21,23,27H,5-7,10-13,15H2,1-4H3/t16-,20-,21+,23-,25-/m1/s1. The van der Waals surface area contributed by atoms with Gasteiger partial charge in [0.15, 0.2) is 0 Å². The lowest BCUT2D eigenvalue weighted by Gasteiger charge is -2.53. The lowest BCUT2D eigenvalue weighted by atomic mass is 9.52. The molecule has 1 N–H and O–H groups in total. The Morgan fingerprint density at radius 2 is 2.00 bits per heavy atom. The Morgan fingerprint density at radius 3 is 2.66 bits per heavy atom. The highest BCUT2D eigenvalue weighted by molar-refractivity contribution is 5.85. The van der Waals surface area contributed by atoms with Crippen molar-refractivity contribution in [3.05, 3.63) is 34.9 Å². The molecule has 2 aliphatic heterocycles. The highest BCUT2D eigenvalue weighted by Gasteiger charge is 2.47. The Bertz CT molecular complexity index is 759. The molecule has 2 heterocycles. The molecular formula is C25H36O4. The number of aliphatic hydroxyl groups is 1. The maximum absolute atomic E-state index is 11.3. The minimum atomic E-state index is -1.15. The smallest absolute Gasteiger partial charge is 0.333 e. The highest BCUT2D eigenvalue weighted by atomic mass is 16.6. The Morgan fingerprint density at radius 1 is 1.21 bits per heavy atom.